The van der Waals surface area contributed by atoms with E-state index in [1.807, 2.05) is 6.07 Å². The van der Waals surface area contributed by atoms with Crippen LogP contribution in [0.1, 0.15) is 17.7 Å². The van der Waals surface area contributed by atoms with Gasteiger partial charge < -0.3 is 4.90 Å². The Bertz CT molecular complexity index is 830. The molecule has 10 heteroatoms. The first-order valence-electron chi connectivity index (χ1n) is 8.33. The number of rotatable bonds is 5. The maximum atomic E-state index is 12.8. The van der Waals surface area contributed by atoms with Gasteiger partial charge in [-0.05, 0) is 18.1 Å². The number of hydrogen-bond acceptors (Lipinski definition) is 6. The minimum absolute atomic E-state index is 0.0343. The number of hydrogen-bond donors (Lipinski definition) is 0. The Morgan fingerprint density at radius 3 is 2.85 bits per heavy atom. The maximum absolute atomic E-state index is 12.8. The zero-order valence-corrected chi connectivity index (χ0v) is 14.6. The fraction of sp³-hybridized carbons (Fsp3) is 0.412. The molecule has 0 saturated carbocycles. The van der Waals surface area contributed by atoms with Crippen molar-refractivity contribution >= 4 is 11.6 Å². The molecule has 1 aromatic heterocycles. The van der Waals surface area contributed by atoms with Crippen molar-refractivity contribution in [2.75, 3.05) is 25.0 Å². The Morgan fingerprint density at radius 2 is 2.15 bits per heavy atom. The summed E-state index contributed by atoms with van der Waals surface area (Å²) in [5.74, 6) is 0.0343. The lowest BCUT2D eigenvalue weighted by atomic mass is 10.2. The van der Waals surface area contributed by atoms with Crippen molar-refractivity contribution in [1.82, 2.24) is 14.9 Å². The first-order valence-corrected chi connectivity index (χ1v) is 8.33. The molecule has 3 rings (SSSR count). The first kappa shape index (κ1) is 19.0. The molecule has 1 fully saturated rings. The van der Waals surface area contributed by atoms with Gasteiger partial charge in [0, 0.05) is 51.1 Å². The average Bonchev–Trinajstić information content (AvgIpc) is 3.09. The number of likely N-dealkylation sites (tertiary alicyclic amines) is 1. The number of likely N-dealkylation sites (N-methyl/N-ethyl adjacent to an activating group) is 1. The van der Waals surface area contributed by atoms with E-state index < -0.39 is 16.8 Å². The van der Waals surface area contributed by atoms with Gasteiger partial charge in [0.25, 0.3) is 5.69 Å². The molecule has 1 aliphatic rings. The average molecular weight is 381 g/mol. The lowest BCUT2D eigenvalue weighted by molar-refractivity contribution is -0.384. The summed E-state index contributed by atoms with van der Waals surface area (Å²) < 4.78 is 38.5. The van der Waals surface area contributed by atoms with E-state index >= 15 is 0 Å². The van der Waals surface area contributed by atoms with Gasteiger partial charge in [0.15, 0.2) is 0 Å². The molecule has 27 heavy (non-hydrogen) atoms. The van der Waals surface area contributed by atoms with Gasteiger partial charge >= 0.3 is 6.18 Å². The third-order valence-corrected chi connectivity index (χ3v) is 4.57. The summed E-state index contributed by atoms with van der Waals surface area (Å²) in [7, 11) is 1.68. The van der Waals surface area contributed by atoms with Crippen LogP contribution >= 0.6 is 0 Å². The smallest absolute Gasteiger partial charge is 0.340 e. The highest BCUT2D eigenvalue weighted by Crippen LogP contribution is 2.29. The molecule has 0 radical (unpaired) electrons. The van der Waals surface area contributed by atoms with Gasteiger partial charge in [-0.1, -0.05) is 12.1 Å². The fourth-order valence-electron chi connectivity index (χ4n) is 3.14. The minimum atomic E-state index is -4.51. The van der Waals surface area contributed by atoms with Gasteiger partial charge in [-0.25, -0.2) is 9.97 Å². The standard InChI is InChI=1S/C17H18F3N5O2/c1-23(16-21-7-5-15(22-16)17(18,19)20)14-6-8-24(11-14)10-12-3-2-4-13(9-12)25(26)27/h2-5,7,9,14H,6,8,10-11H2,1H3. The topological polar surface area (TPSA) is 75.4 Å². The third-order valence-electron chi connectivity index (χ3n) is 4.57. The number of halogens is 3. The van der Waals surface area contributed by atoms with E-state index in [9.17, 15) is 23.3 Å². The van der Waals surface area contributed by atoms with E-state index in [0.29, 0.717) is 13.1 Å². The van der Waals surface area contributed by atoms with Gasteiger partial charge in [-0.15, -0.1) is 0 Å². The van der Waals surface area contributed by atoms with Crippen LogP contribution in [0.2, 0.25) is 0 Å². The van der Waals surface area contributed by atoms with Gasteiger partial charge in [-0.3, -0.25) is 15.0 Å². The van der Waals surface area contributed by atoms with Crippen LogP contribution < -0.4 is 4.90 Å². The molecule has 7 nitrogen and oxygen atoms in total. The molecule has 1 aromatic carbocycles. The fourth-order valence-corrected chi connectivity index (χ4v) is 3.14. The quantitative estimate of drug-likeness (QED) is 0.585. The number of nitro benzene ring substituents is 1. The zero-order valence-electron chi connectivity index (χ0n) is 14.6. The number of non-ortho nitro benzene ring substituents is 1. The third kappa shape index (κ3) is 4.51. The lowest BCUT2D eigenvalue weighted by Crippen LogP contribution is -2.35. The second-order valence-electron chi connectivity index (χ2n) is 6.46. The molecule has 144 valence electrons. The Morgan fingerprint density at radius 1 is 1.37 bits per heavy atom. The van der Waals surface area contributed by atoms with Crippen molar-refractivity contribution in [3.63, 3.8) is 0 Å². The van der Waals surface area contributed by atoms with Crippen molar-refractivity contribution in [1.29, 1.82) is 0 Å². The van der Waals surface area contributed by atoms with E-state index in [2.05, 4.69) is 14.9 Å². The zero-order chi connectivity index (χ0) is 19.6. The van der Waals surface area contributed by atoms with Crippen molar-refractivity contribution in [2.24, 2.45) is 0 Å². The number of nitrogens with zero attached hydrogens (tertiary/aromatic N) is 5. The van der Waals surface area contributed by atoms with Crippen LogP contribution in [-0.4, -0.2) is 46.0 Å². The predicted molar refractivity (Wildman–Crippen MR) is 92.2 cm³/mol. The highest BCUT2D eigenvalue weighted by Gasteiger charge is 2.34. The Labute approximate surface area is 153 Å². The van der Waals surface area contributed by atoms with Gasteiger partial charge in [0.1, 0.15) is 5.69 Å². The Balaban J connectivity index is 1.65. The van der Waals surface area contributed by atoms with E-state index in [1.165, 1.54) is 12.1 Å². The summed E-state index contributed by atoms with van der Waals surface area (Å²) in [6, 6.07) is 7.25. The van der Waals surface area contributed by atoms with E-state index in [4.69, 9.17) is 0 Å². The molecule has 0 amide bonds. The van der Waals surface area contributed by atoms with Crippen LogP contribution in [0.4, 0.5) is 24.8 Å². The molecule has 0 aliphatic carbocycles. The van der Waals surface area contributed by atoms with Crippen LogP contribution in [0.3, 0.4) is 0 Å². The predicted octanol–water partition coefficient (Wildman–Crippen LogP) is 3.11. The SMILES string of the molecule is CN(c1nccc(C(F)(F)F)n1)C1CCN(Cc2cccc([N+](=O)[O-])c2)C1. The Kier molecular flexibility index (Phi) is 5.26. The molecule has 1 saturated heterocycles. The molecule has 2 aromatic rings. The van der Waals surface area contributed by atoms with Crippen LogP contribution in [-0.2, 0) is 12.7 Å². The van der Waals surface area contributed by atoms with Crippen LogP contribution in [0.15, 0.2) is 36.5 Å². The summed E-state index contributed by atoms with van der Waals surface area (Å²) in [4.78, 5) is 21.8. The van der Waals surface area contributed by atoms with Crippen LogP contribution in [0.5, 0.6) is 0 Å². The van der Waals surface area contributed by atoms with Crippen LogP contribution in [0.25, 0.3) is 0 Å². The number of nitro groups is 1. The molecule has 1 aliphatic heterocycles. The number of anilines is 1. The molecule has 2 heterocycles. The Hall–Kier alpha value is -2.75. The monoisotopic (exact) mass is 381 g/mol. The maximum Gasteiger partial charge on any atom is 0.433 e. The van der Waals surface area contributed by atoms with Crippen LogP contribution in [0, 0.1) is 10.1 Å². The summed E-state index contributed by atoms with van der Waals surface area (Å²) in [6.45, 7) is 1.88. The molecular formula is C17H18F3N5O2. The number of aromatic nitrogens is 2. The summed E-state index contributed by atoms with van der Waals surface area (Å²) >= 11 is 0. The second-order valence-corrected chi connectivity index (χ2v) is 6.46. The minimum Gasteiger partial charge on any atom is -0.340 e. The highest BCUT2D eigenvalue weighted by atomic mass is 19.4. The molecule has 1 atom stereocenters. The highest BCUT2D eigenvalue weighted by molar-refractivity contribution is 5.35. The largest absolute Gasteiger partial charge is 0.433 e. The van der Waals surface area contributed by atoms with Crippen molar-refractivity contribution < 1.29 is 18.1 Å². The van der Waals surface area contributed by atoms with Crippen molar-refractivity contribution in [3.8, 4) is 0 Å². The summed E-state index contributed by atoms with van der Waals surface area (Å²) in [5, 5.41) is 10.9. The number of benzene rings is 1. The second kappa shape index (κ2) is 7.47. The van der Waals surface area contributed by atoms with E-state index in [-0.39, 0.29) is 17.7 Å². The molecule has 0 spiro atoms. The summed E-state index contributed by atoms with van der Waals surface area (Å²) in [6.07, 6.45) is -2.66. The summed E-state index contributed by atoms with van der Waals surface area (Å²) in [5.41, 5.74) is -0.105. The normalized spacial score (nSPS) is 17.9. The first-order chi connectivity index (χ1) is 12.7. The van der Waals surface area contributed by atoms with E-state index in [1.54, 1.807) is 18.0 Å². The van der Waals surface area contributed by atoms with Crippen molar-refractivity contribution in [2.45, 2.75) is 25.2 Å². The molecule has 0 bridgehead atoms. The van der Waals surface area contributed by atoms with Gasteiger partial charge in [0.2, 0.25) is 5.95 Å². The van der Waals surface area contributed by atoms with Crippen molar-refractivity contribution in [3.05, 3.63) is 57.9 Å². The molecule has 0 N–H and O–H groups in total. The number of alkyl halides is 3. The van der Waals surface area contributed by atoms with Gasteiger partial charge in [0.05, 0.1) is 4.92 Å². The van der Waals surface area contributed by atoms with E-state index in [0.717, 1.165) is 30.8 Å². The lowest BCUT2D eigenvalue weighted by Gasteiger charge is -2.25. The molecular weight excluding hydrogens is 363 g/mol. The van der Waals surface area contributed by atoms with Gasteiger partial charge in [-0.2, -0.15) is 13.2 Å². The molecule has 1 unspecified atom stereocenters.